The van der Waals surface area contributed by atoms with E-state index in [4.69, 9.17) is 9.47 Å². The first-order valence-corrected chi connectivity index (χ1v) is 10.4. The Hall–Kier alpha value is -2.58. The van der Waals surface area contributed by atoms with Gasteiger partial charge in [0.2, 0.25) is 0 Å². The van der Waals surface area contributed by atoms with Crippen LogP contribution in [0.4, 0.5) is 13.2 Å². The van der Waals surface area contributed by atoms with Crippen molar-refractivity contribution in [2.75, 3.05) is 19.7 Å². The Kier molecular flexibility index (Phi) is 6.62. The largest absolute Gasteiger partial charge is 0.487 e. The number of fused-ring (bicyclic) bond motifs is 1. The molecule has 1 aromatic carbocycles. The highest BCUT2D eigenvalue weighted by Gasteiger charge is 2.47. The van der Waals surface area contributed by atoms with Crippen LogP contribution in [0.5, 0.6) is 5.75 Å². The molecule has 0 bridgehead atoms. The van der Waals surface area contributed by atoms with Crippen molar-refractivity contribution in [2.45, 2.75) is 57.7 Å². The fourth-order valence-electron chi connectivity index (χ4n) is 4.17. The minimum Gasteiger partial charge on any atom is -0.487 e. The topological polar surface area (TPSA) is 72.9 Å². The van der Waals surface area contributed by atoms with E-state index in [1.165, 1.54) is 0 Å². The van der Waals surface area contributed by atoms with Crippen LogP contribution in [0.1, 0.15) is 55.5 Å². The number of halogens is 3. The first kappa shape index (κ1) is 23.1. The third-order valence-electron chi connectivity index (χ3n) is 5.95. The lowest BCUT2D eigenvalue weighted by molar-refractivity contribution is -0.188. The molecule has 0 saturated carbocycles. The van der Waals surface area contributed by atoms with Gasteiger partial charge in [-0.3, -0.25) is 14.4 Å². The quantitative estimate of drug-likeness (QED) is 0.515. The molecule has 1 atom stereocenters. The molecule has 6 nitrogen and oxygen atoms in total. The summed E-state index contributed by atoms with van der Waals surface area (Å²) in [6, 6.07) is 5.10. The number of ketones is 1. The molecule has 9 heteroatoms. The van der Waals surface area contributed by atoms with Crippen molar-refractivity contribution in [3.05, 3.63) is 29.3 Å². The van der Waals surface area contributed by atoms with Gasteiger partial charge in [0, 0.05) is 37.4 Å². The number of esters is 1. The molecule has 1 saturated heterocycles. The van der Waals surface area contributed by atoms with Crippen LogP contribution in [0.3, 0.4) is 0 Å². The number of benzene rings is 1. The lowest BCUT2D eigenvalue weighted by Crippen LogP contribution is -2.53. The van der Waals surface area contributed by atoms with Gasteiger partial charge in [-0.15, -0.1) is 0 Å². The second-order valence-electron chi connectivity index (χ2n) is 8.17. The minimum absolute atomic E-state index is 0.00434. The Labute approximate surface area is 178 Å². The number of amides is 1. The SMILES string of the molecule is CCOC(=O)CC(C)C(=O)c1ccc2c(c1)CCC1(CCN(C(=O)C(F)(F)F)CC1)O2. The number of aryl methyl sites for hydroxylation is 1. The van der Waals surface area contributed by atoms with Crippen molar-refractivity contribution < 1.29 is 37.0 Å². The van der Waals surface area contributed by atoms with Gasteiger partial charge in [0.1, 0.15) is 11.4 Å². The van der Waals surface area contributed by atoms with Crippen LogP contribution >= 0.6 is 0 Å². The lowest BCUT2D eigenvalue weighted by Gasteiger charge is -2.44. The van der Waals surface area contributed by atoms with Crippen molar-refractivity contribution in [2.24, 2.45) is 5.92 Å². The zero-order valence-electron chi connectivity index (χ0n) is 17.6. The zero-order valence-corrected chi connectivity index (χ0v) is 17.6. The number of Topliss-reactive ketones (excluding diaryl/α,β-unsaturated/α-hetero) is 1. The van der Waals surface area contributed by atoms with Crippen LogP contribution in [-0.2, 0) is 20.7 Å². The molecular weight excluding hydrogens is 415 g/mol. The van der Waals surface area contributed by atoms with E-state index in [1.807, 2.05) is 0 Å². The molecule has 2 aliphatic rings. The van der Waals surface area contributed by atoms with E-state index < -0.39 is 29.6 Å². The molecule has 1 spiro atoms. The molecule has 2 heterocycles. The van der Waals surface area contributed by atoms with Crippen molar-refractivity contribution in [1.29, 1.82) is 0 Å². The van der Waals surface area contributed by atoms with Gasteiger partial charge in [0.15, 0.2) is 5.78 Å². The molecule has 1 unspecified atom stereocenters. The van der Waals surface area contributed by atoms with Crippen LogP contribution in [0.25, 0.3) is 0 Å². The Balaban J connectivity index is 1.64. The average Bonchev–Trinajstić information content (AvgIpc) is 2.72. The van der Waals surface area contributed by atoms with Crippen molar-refractivity contribution in [3.63, 3.8) is 0 Å². The van der Waals surface area contributed by atoms with Gasteiger partial charge < -0.3 is 14.4 Å². The van der Waals surface area contributed by atoms with Crippen molar-refractivity contribution in [3.8, 4) is 5.75 Å². The number of nitrogens with zero attached hydrogens (tertiary/aromatic N) is 1. The summed E-state index contributed by atoms with van der Waals surface area (Å²) in [5, 5.41) is 0. The maximum absolute atomic E-state index is 12.7. The summed E-state index contributed by atoms with van der Waals surface area (Å²) in [5.41, 5.74) is 0.743. The van der Waals surface area contributed by atoms with Crippen molar-refractivity contribution in [1.82, 2.24) is 4.90 Å². The standard InChI is InChI=1S/C22H26F3NO5/c1-3-30-18(27)12-14(2)19(28)16-4-5-17-15(13-16)6-7-21(31-17)8-10-26(11-9-21)20(29)22(23,24)25/h4-5,13-14H,3,6-12H2,1-2H3. The number of likely N-dealkylation sites (tertiary alicyclic amines) is 1. The summed E-state index contributed by atoms with van der Waals surface area (Å²) >= 11 is 0. The van der Waals surface area contributed by atoms with Gasteiger partial charge in [0.25, 0.3) is 0 Å². The van der Waals surface area contributed by atoms with Gasteiger partial charge in [0.05, 0.1) is 13.0 Å². The normalized spacial score (nSPS) is 18.7. The Morgan fingerprint density at radius 3 is 2.48 bits per heavy atom. The predicted molar refractivity (Wildman–Crippen MR) is 105 cm³/mol. The molecule has 0 radical (unpaired) electrons. The maximum Gasteiger partial charge on any atom is 0.471 e. The molecule has 170 valence electrons. The summed E-state index contributed by atoms with van der Waals surface area (Å²) in [5.74, 6) is -2.28. The number of piperidine rings is 1. The third kappa shape index (κ3) is 5.19. The van der Waals surface area contributed by atoms with Crippen LogP contribution in [-0.4, -0.2) is 54.0 Å². The monoisotopic (exact) mass is 441 g/mol. The number of rotatable bonds is 5. The summed E-state index contributed by atoms with van der Waals surface area (Å²) in [7, 11) is 0. The summed E-state index contributed by atoms with van der Waals surface area (Å²) in [6.07, 6.45) is -2.98. The summed E-state index contributed by atoms with van der Waals surface area (Å²) < 4.78 is 49.0. The average molecular weight is 441 g/mol. The van der Waals surface area contributed by atoms with Crippen LogP contribution in [0.15, 0.2) is 18.2 Å². The fourth-order valence-corrected chi connectivity index (χ4v) is 4.17. The number of hydrogen-bond donors (Lipinski definition) is 0. The van der Waals surface area contributed by atoms with Crippen molar-refractivity contribution >= 4 is 17.7 Å². The van der Waals surface area contributed by atoms with E-state index in [2.05, 4.69) is 0 Å². The molecule has 0 aliphatic carbocycles. The minimum atomic E-state index is -4.86. The van der Waals surface area contributed by atoms with Gasteiger partial charge >= 0.3 is 18.1 Å². The van der Waals surface area contributed by atoms with Crippen LogP contribution < -0.4 is 4.74 Å². The smallest absolute Gasteiger partial charge is 0.471 e. The third-order valence-corrected chi connectivity index (χ3v) is 5.95. The highest BCUT2D eigenvalue weighted by atomic mass is 19.4. The fraction of sp³-hybridized carbons (Fsp3) is 0.591. The zero-order chi connectivity index (χ0) is 22.8. The van der Waals surface area contributed by atoms with E-state index in [1.54, 1.807) is 32.0 Å². The highest BCUT2D eigenvalue weighted by molar-refractivity contribution is 5.99. The molecule has 1 amide bonds. The molecule has 2 aliphatic heterocycles. The second kappa shape index (κ2) is 8.88. The molecule has 0 N–H and O–H groups in total. The number of alkyl halides is 3. The van der Waals surface area contributed by atoms with E-state index >= 15 is 0 Å². The number of hydrogen-bond acceptors (Lipinski definition) is 5. The lowest BCUT2D eigenvalue weighted by atomic mass is 9.82. The van der Waals surface area contributed by atoms with Crippen LogP contribution in [0, 0.1) is 5.92 Å². The molecule has 1 fully saturated rings. The number of ether oxygens (including phenoxy) is 2. The van der Waals surface area contributed by atoms with E-state index in [0.717, 1.165) is 10.5 Å². The Morgan fingerprint density at radius 2 is 1.87 bits per heavy atom. The molecule has 3 rings (SSSR count). The van der Waals surface area contributed by atoms with Gasteiger partial charge in [-0.25, -0.2) is 0 Å². The number of carbonyl (C=O) groups is 3. The highest BCUT2D eigenvalue weighted by Crippen LogP contribution is 2.40. The predicted octanol–water partition coefficient (Wildman–Crippen LogP) is 3.71. The van der Waals surface area contributed by atoms with Gasteiger partial charge in [-0.1, -0.05) is 6.92 Å². The number of carbonyl (C=O) groups excluding carboxylic acids is 3. The van der Waals surface area contributed by atoms with Gasteiger partial charge in [-0.2, -0.15) is 13.2 Å². The van der Waals surface area contributed by atoms with E-state index in [-0.39, 0.29) is 31.9 Å². The van der Waals surface area contributed by atoms with Gasteiger partial charge in [-0.05, 0) is 43.5 Å². The second-order valence-corrected chi connectivity index (χ2v) is 8.17. The Bertz CT molecular complexity index is 859. The first-order valence-electron chi connectivity index (χ1n) is 10.4. The first-order chi connectivity index (χ1) is 14.5. The summed E-state index contributed by atoms with van der Waals surface area (Å²) in [6.45, 7) is 3.64. The van der Waals surface area contributed by atoms with Crippen LogP contribution in [0.2, 0.25) is 0 Å². The molecule has 1 aromatic rings. The Morgan fingerprint density at radius 1 is 1.19 bits per heavy atom. The molecule has 0 aromatic heterocycles. The summed E-state index contributed by atoms with van der Waals surface area (Å²) in [4.78, 5) is 36.6. The van der Waals surface area contributed by atoms with E-state index in [0.29, 0.717) is 37.0 Å². The molecule has 31 heavy (non-hydrogen) atoms. The molecular formula is C22H26F3NO5. The van der Waals surface area contributed by atoms with E-state index in [9.17, 15) is 27.6 Å². The maximum atomic E-state index is 12.7.